The molecular formula is C10H12N4O3S. The topological polar surface area (TPSA) is 93.8 Å². The summed E-state index contributed by atoms with van der Waals surface area (Å²) < 4.78 is 6.75. The van der Waals surface area contributed by atoms with Crippen LogP contribution in [-0.4, -0.2) is 25.5 Å². The molecule has 0 bridgehead atoms. The molecule has 0 aliphatic heterocycles. The van der Waals surface area contributed by atoms with Crippen LogP contribution in [0.1, 0.15) is 12.8 Å². The van der Waals surface area contributed by atoms with E-state index in [1.54, 1.807) is 0 Å². The van der Waals surface area contributed by atoms with Crippen molar-refractivity contribution in [3.8, 4) is 0 Å². The summed E-state index contributed by atoms with van der Waals surface area (Å²) in [7, 11) is 0. The van der Waals surface area contributed by atoms with Gasteiger partial charge in [-0.1, -0.05) is 18.7 Å². The fraction of sp³-hybridized carbons (Fsp3) is 0.400. The zero-order valence-electron chi connectivity index (χ0n) is 9.75. The summed E-state index contributed by atoms with van der Waals surface area (Å²) in [6, 6.07) is 1.30. The lowest BCUT2D eigenvalue weighted by molar-refractivity contribution is 0.403. The standard InChI is InChI=1S/C10H12N4O3S/c1-2-18-10-13-12-8(17-10)4-6-14-5-3-7(15)11-9(14)16/h3,5H,2,4,6H2,1H3,(H,11,15,16). The van der Waals surface area contributed by atoms with Gasteiger partial charge in [-0.2, -0.15) is 0 Å². The second-order valence-electron chi connectivity index (χ2n) is 3.45. The van der Waals surface area contributed by atoms with Crippen LogP contribution in [0.3, 0.4) is 0 Å². The van der Waals surface area contributed by atoms with Crippen molar-refractivity contribution in [2.24, 2.45) is 0 Å². The van der Waals surface area contributed by atoms with Gasteiger partial charge in [-0.3, -0.25) is 9.78 Å². The van der Waals surface area contributed by atoms with Crippen LogP contribution in [0.5, 0.6) is 0 Å². The molecule has 0 spiro atoms. The Morgan fingerprint density at radius 3 is 3.00 bits per heavy atom. The highest BCUT2D eigenvalue weighted by Gasteiger charge is 2.06. The van der Waals surface area contributed by atoms with E-state index in [9.17, 15) is 9.59 Å². The van der Waals surface area contributed by atoms with E-state index >= 15 is 0 Å². The molecule has 0 radical (unpaired) electrons. The summed E-state index contributed by atoms with van der Waals surface area (Å²) in [4.78, 5) is 24.5. The minimum absolute atomic E-state index is 0.383. The Morgan fingerprint density at radius 2 is 2.28 bits per heavy atom. The quantitative estimate of drug-likeness (QED) is 0.782. The van der Waals surface area contributed by atoms with Gasteiger partial charge in [0.25, 0.3) is 10.8 Å². The maximum absolute atomic E-state index is 11.4. The average Bonchev–Trinajstić information content (AvgIpc) is 2.76. The minimum Gasteiger partial charge on any atom is -0.416 e. The molecule has 18 heavy (non-hydrogen) atoms. The van der Waals surface area contributed by atoms with Gasteiger partial charge < -0.3 is 8.98 Å². The Bertz CT molecular complexity index is 630. The number of hydrogen-bond donors (Lipinski definition) is 1. The van der Waals surface area contributed by atoms with E-state index in [1.165, 1.54) is 28.6 Å². The lowest BCUT2D eigenvalue weighted by Crippen LogP contribution is -2.29. The Labute approximate surface area is 106 Å². The molecule has 1 N–H and O–H groups in total. The third-order valence-electron chi connectivity index (χ3n) is 2.18. The van der Waals surface area contributed by atoms with Crippen molar-refractivity contribution in [2.45, 2.75) is 25.1 Å². The van der Waals surface area contributed by atoms with Gasteiger partial charge in [0.05, 0.1) is 0 Å². The van der Waals surface area contributed by atoms with E-state index in [0.29, 0.717) is 24.1 Å². The van der Waals surface area contributed by atoms with Crippen LogP contribution in [0.4, 0.5) is 0 Å². The highest BCUT2D eigenvalue weighted by Crippen LogP contribution is 2.15. The summed E-state index contributed by atoms with van der Waals surface area (Å²) in [5.74, 6) is 1.34. The maximum atomic E-state index is 11.4. The van der Waals surface area contributed by atoms with Gasteiger partial charge in [0.15, 0.2) is 0 Å². The summed E-state index contributed by atoms with van der Waals surface area (Å²) in [6.45, 7) is 2.38. The lowest BCUT2D eigenvalue weighted by atomic mass is 10.4. The molecule has 8 heteroatoms. The van der Waals surface area contributed by atoms with Crippen LogP contribution in [0, 0.1) is 0 Å². The first kappa shape index (κ1) is 12.6. The summed E-state index contributed by atoms with van der Waals surface area (Å²) >= 11 is 1.47. The first-order chi connectivity index (χ1) is 8.69. The van der Waals surface area contributed by atoms with Crippen LogP contribution >= 0.6 is 11.8 Å². The van der Waals surface area contributed by atoms with Crippen LogP contribution in [-0.2, 0) is 13.0 Å². The molecule has 96 valence electrons. The highest BCUT2D eigenvalue weighted by molar-refractivity contribution is 7.99. The third kappa shape index (κ3) is 3.10. The van der Waals surface area contributed by atoms with E-state index in [0.717, 1.165) is 5.75 Å². The molecule has 2 aromatic heterocycles. The number of thioether (sulfide) groups is 1. The average molecular weight is 268 g/mol. The molecule has 2 aromatic rings. The number of H-pyrrole nitrogens is 1. The van der Waals surface area contributed by atoms with E-state index in [-0.39, 0.29) is 0 Å². The Balaban J connectivity index is 2.02. The molecule has 0 saturated heterocycles. The van der Waals surface area contributed by atoms with Gasteiger partial charge in [-0.25, -0.2) is 4.79 Å². The highest BCUT2D eigenvalue weighted by atomic mass is 32.2. The van der Waals surface area contributed by atoms with Gasteiger partial charge in [0.1, 0.15) is 0 Å². The first-order valence-corrected chi connectivity index (χ1v) is 6.42. The first-order valence-electron chi connectivity index (χ1n) is 5.44. The van der Waals surface area contributed by atoms with Crippen molar-refractivity contribution in [1.29, 1.82) is 0 Å². The fourth-order valence-electron chi connectivity index (χ4n) is 1.36. The molecule has 2 rings (SSSR count). The van der Waals surface area contributed by atoms with Gasteiger partial charge >= 0.3 is 5.69 Å². The molecule has 0 atom stereocenters. The summed E-state index contributed by atoms with van der Waals surface area (Å²) in [5.41, 5.74) is -0.846. The number of hydrogen-bond acceptors (Lipinski definition) is 6. The SMILES string of the molecule is CCSc1nnc(CCn2ccc(=O)[nH]c2=O)o1. The van der Waals surface area contributed by atoms with Crippen molar-refractivity contribution in [3.05, 3.63) is 39.0 Å². The van der Waals surface area contributed by atoms with E-state index in [1.807, 2.05) is 6.92 Å². The van der Waals surface area contributed by atoms with Crippen LogP contribution in [0.2, 0.25) is 0 Å². The molecule has 0 amide bonds. The largest absolute Gasteiger partial charge is 0.416 e. The van der Waals surface area contributed by atoms with E-state index in [2.05, 4.69) is 15.2 Å². The predicted molar refractivity (Wildman–Crippen MR) is 65.7 cm³/mol. The second-order valence-corrected chi connectivity index (χ2v) is 4.66. The smallest absolute Gasteiger partial charge is 0.328 e. The molecular weight excluding hydrogens is 256 g/mol. The van der Waals surface area contributed by atoms with Crippen LogP contribution < -0.4 is 11.2 Å². The van der Waals surface area contributed by atoms with Crippen LogP contribution in [0.15, 0.2) is 31.5 Å². The lowest BCUT2D eigenvalue weighted by Gasteiger charge is -2.00. The number of aromatic amines is 1. The molecule has 0 fully saturated rings. The van der Waals surface area contributed by atoms with Crippen LogP contribution in [0.25, 0.3) is 0 Å². The van der Waals surface area contributed by atoms with Gasteiger partial charge in [0.2, 0.25) is 5.89 Å². The van der Waals surface area contributed by atoms with E-state index in [4.69, 9.17) is 4.42 Å². The number of nitrogens with zero attached hydrogens (tertiary/aromatic N) is 3. The van der Waals surface area contributed by atoms with Crippen molar-refractivity contribution >= 4 is 11.8 Å². The van der Waals surface area contributed by atoms with Crippen molar-refractivity contribution in [3.63, 3.8) is 0 Å². The molecule has 0 saturated carbocycles. The Kier molecular flexibility index (Phi) is 3.98. The van der Waals surface area contributed by atoms with Crippen molar-refractivity contribution in [1.82, 2.24) is 19.7 Å². The second kappa shape index (κ2) is 5.67. The monoisotopic (exact) mass is 268 g/mol. The summed E-state index contributed by atoms with van der Waals surface area (Å²) in [5, 5.41) is 8.26. The number of rotatable bonds is 5. The zero-order chi connectivity index (χ0) is 13.0. The maximum Gasteiger partial charge on any atom is 0.328 e. The molecule has 0 aromatic carbocycles. The number of aromatic nitrogens is 4. The Hall–Kier alpha value is -1.83. The normalized spacial score (nSPS) is 10.7. The molecule has 0 aliphatic carbocycles. The molecule has 7 nitrogen and oxygen atoms in total. The third-order valence-corrected chi connectivity index (χ3v) is 2.88. The molecule has 0 unspecified atom stereocenters. The molecule has 2 heterocycles. The number of aryl methyl sites for hydroxylation is 2. The Morgan fingerprint density at radius 1 is 1.44 bits per heavy atom. The predicted octanol–water partition coefficient (Wildman–Crippen LogP) is 0.274. The van der Waals surface area contributed by atoms with Crippen molar-refractivity contribution < 1.29 is 4.42 Å². The number of nitrogens with one attached hydrogen (secondary N) is 1. The van der Waals surface area contributed by atoms with Gasteiger partial charge in [-0.15, -0.1) is 10.2 Å². The van der Waals surface area contributed by atoms with E-state index < -0.39 is 11.2 Å². The minimum atomic E-state index is -0.440. The van der Waals surface area contributed by atoms with Gasteiger partial charge in [0, 0.05) is 25.2 Å². The molecule has 0 aliphatic rings. The van der Waals surface area contributed by atoms with Gasteiger partial charge in [-0.05, 0) is 5.75 Å². The zero-order valence-corrected chi connectivity index (χ0v) is 10.6. The fourth-order valence-corrected chi connectivity index (χ4v) is 1.86. The van der Waals surface area contributed by atoms with Crippen molar-refractivity contribution in [2.75, 3.05) is 5.75 Å². The summed E-state index contributed by atoms with van der Waals surface area (Å²) in [6.07, 6.45) is 1.89.